The molecule has 1 aromatic rings. The Kier molecular flexibility index (Phi) is 11.9. The summed E-state index contributed by atoms with van der Waals surface area (Å²) in [6.07, 6.45) is 6.28. The lowest BCUT2D eigenvalue weighted by Crippen LogP contribution is -2.41. The molecule has 0 saturated carbocycles. The Labute approximate surface area is 162 Å². The van der Waals surface area contributed by atoms with Crippen LogP contribution in [0.25, 0.3) is 0 Å². The average Bonchev–Trinajstić information content (AvgIpc) is 2.57. The minimum absolute atomic E-state index is 0. The number of hydrogen-bond acceptors (Lipinski definition) is 3. The maximum Gasteiger partial charge on any atom is 0.191 e. The van der Waals surface area contributed by atoms with E-state index in [1.165, 1.54) is 0 Å². The average molecular weight is 445 g/mol. The van der Waals surface area contributed by atoms with Gasteiger partial charge in [0.25, 0.3) is 0 Å². The molecular formula is C18H28IN3O2. The summed E-state index contributed by atoms with van der Waals surface area (Å²) in [5, 5.41) is 6.61. The topological polar surface area (TPSA) is 54.9 Å². The number of nitrogens with one attached hydrogen (secondary N) is 2. The van der Waals surface area contributed by atoms with Gasteiger partial charge < -0.3 is 20.1 Å². The lowest BCUT2D eigenvalue weighted by atomic mass is 10.2. The number of methoxy groups -OCH3 is 1. The third kappa shape index (κ3) is 7.77. The third-order valence-corrected chi connectivity index (χ3v) is 3.30. The summed E-state index contributed by atoms with van der Waals surface area (Å²) < 4.78 is 10.8. The first-order valence-corrected chi connectivity index (χ1v) is 7.92. The molecule has 0 fully saturated rings. The number of nitrogens with zero attached hydrogens (tertiary/aromatic N) is 1. The van der Waals surface area contributed by atoms with Crippen LogP contribution in [0.2, 0.25) is 0 Å². The van der Waals surface area contributed by atoms with E-state index in [4.69, 9.17) is 15.9 Å². The predicted octanol–water partition coefficient (Wildman–Crippen LogP) is 3.18. The first-order valence-electron chi connectivity index (χ1n) is 7.92. The second kappa shape index (κ2) is 12.8. The Morgan fingerprint density at radius 2 is 2.08 bits per heavy atom. The Hall–Kier alpha value is -1.62. The van der Waals surface area contributed by atoms with Crippen LogP contribution in [0.4, 0.5) is 0 Å². The van der Waals surface area contributed by atoms with Gasteiger partial charge in [-0.05, 0) is 38.0 Å². The third-order valence-electron chi connectivity index (χ3n) is 3.30. The normalized spacial score (nSPS) is 11.7. The van der Waals surface area contributed by atoms with Gasteiger partial charge in [0.1, 0.15) is 6.61 Å². The van der Waals surface area contributed by atoms with Crippen LogP contribution in [0, 0.1) is 12.3 Å². The molecule has 6 heteroatoms. The van der Waals surface area contributed by atoms with E-state index in [1.807, 2.05) is 25.1 Å². The molecule has 1 rings (SSSR count). The van der Waals surface area contributed by atoms with E-state index in [0.717, 1.165) is 24.5 Å². The molecule has 0 saturated heterocycles. The number of ether oxygens (including phenoxy) is 2. The van der Waals surface area contributed by atoms with Crippen molar-refractivity contribution < 1.29 is 9.47 Å². The maximum atomic E-state index is 5.51. The first kappa shape index (κ1) is 22.4. The van der Waals surface area contributed by atoms with Crippen molar-refractivity contribution in [2.24, 2.45) is 4.99 Å². The maximum absolute atomic E-state index is 5.51. The van der Waals surface area contributed by atoms with Crippen LogP contribution in [0.15, 0.2) is 23.2 Å². The first-order chi connectivity index (χ1) is 11.1. The highest BCUT2D eigenvalue weighted by atomic mass is 127. The molecule has 0 aromatic heterocycles. The summed E-state index contributed by atoms with van der Waals surface area (Å²) in [7, 11) is 1.61. The summed E-state index contributed by atoms with van der Waals surface area (Å²) in [6, 6.07) is 6.12. The summed E-state index contributed by atoms with van der Waals surface area (Å²) in [5.74, 6) is 4.57. The Bertz CT molecular complexity index is 556. The van der Waals surface area contributed by atoms with Gasteiger partial charge in [0.2, 0.25) is 0 Å². The number of rotatable bonds is 8. The van der Waals surface area contributed by atoms with Crippen molar-refractivity contribution in [3.05, 3.63) is 23.8 Å². The van der Waals surface area contributed by atoms with Crippen molar-refractivity contribution in [3.8, 4) is 23.8 Å². The molecule has 1 atom stereocenters. The van der Waals surface area contributed by atoms with E-state index in [1.54, 1.807) is 7.11 Å². The highest BCUT2D eigenvalue weighted by Gasteiger charge is 2.06. The van der Waals surface area contributed by atoms with Crippen LogP contribution in [0.1, 0.15) is 32.8 Å². The summed E-state index contributed by atoms with van der Waals surface area (Å²) in [6.45, 7) is 7.89. The van der Waals surface area contributed by atoms with Crippen molar-refractivity contribution in [1.82, 2.24) is 10.6 Å². The monoisotopic (exact) mass is 445 g/mol. The second-order valence-electron chi connectivity index (χ2n) is 5.13. The minimum atomic E-state index is 0. The van der Waals surface area contributed by atoms with Crippen LogP contribution >= 0.6 is 24.0 Å². The highest BCUT2D eigenvalue weighted by Crippen LogP contribution is 2.28. The van der Waals surface area contributed by atoms with Crippen molar-refractivity contribution in [2.45, 2.75) is 39.8 Å². The number of halogens is 1. The van der Waals surface area contributed by atoms with Crippen molar-refractivity contribution in [2.75, 3.05) is 20.3 Å². The fraction of sp³-hybridized carbons (Fsp3) is 0.500. The molecule has 0 spiro atoms. The van der Waals surface area contributed by atoms with E-state index < -0.39 is 0 Å². The lowest BCUT2D eigenvalue weighted by Gasteiger charge is -2.16. The van der Waals surface area contributed by atoms with E-state index in [2.05, 4.69) is 35.4 Å². The molecule has 0 aliphatic heterocycles. The predicted molar refractivity (Wildman–Crippen MR) is 110 cm³/mol. The standard InChI is InChI=1S/C18H27N3O2.HI/c1-6-11-23-17-12-15(9-10-16(17)22-5)13-20-18(19-8-3)21-14(4)7-2;/h1,9-10,12,14H,7-8,11,13H2,2-5H3,(H2,19,20,21);1H. The number of benzene rings is 1. The molecule has 24 heavy (non-hydrogen) atoms. The summed E-state index contributed by atoms with van der Waals surface area (Å²) in [4.78, 5) is 4.61. The Morgan fingerprint density at radius 1 is 1.33 bits per heavy atom. The molecule has 0 amide bonds. The van der Waals surface area contributed by atoms with Crippen molar-refractivity contribution >= 4 is 29.9 Å². The van der Waals surface area contributed by atoms with E-state index in [0.29, 0.717) is 24.1 Å². The molecule has 134 valence electrons. The molecular weight excluding hydrogens is 417 g/mol. The van der Waals surface area contributed by atoms with Gasteiger partial charge in [0.05, 0.1) is 13.7 Å². The van der Waals surface area contributed by atoms with Gasteiger partial charge in [-0.1, -0.05) is 18.9 Å². The van der Waals surface area contributed by atoms with Gasteiger partial charge in [-0.25, -0.2) is 4.99 Å². The molecule has 5 nitrogen and oxygen atoms in total. The molecule has 0 aliphatic rings. The quantitative estimate of drug-likeness (QED) is 0.279. The van der Waals surface area contributed by atoms with Gasteiger partial charge >= 0.3 is 0 Å². The minimum Gasteiger partial charge on any atom is -0.493 e. The molecule has 1 unspecified atom stereocenters. The van der Waals surface area contributed by atoms with Gasteiger partial charge in [0, 0.05) is 12.6 Å². The number of aliphatic imine (C=N–C) groups is 1. The zero-order valence-electron chi connectivity index (χ0n) is 14.9. The fourth-order valence-electron chi connectivity index (χ4n) is 1.88. The van der Waals surface area contributed by atoms with Crippen LogP contribution in [0.5, 0.6) is 11.5 Å². The highest BCUT2D eigenvalue weighted by molar-refractivity contribution is 14.0. The van der Waals surface area contributed by atoms with Gasteiger partial charge in [-0.15, -0.1) is 30.4 Å². The smallest absolute Gasteiger partial charge is 0.191 e. The number of terminal acetylenes is 1. The zero-order chi connectivity index (χ0) is 17.1. The van der Waals surface area contributed by atoms with Crippen molar-refractivity contribution in [3.63, 3.8) is 0 Å². The SMILES string of the molecule is C#CCOc1cc(CN=C(NCC)NC(C)CC)ccc1OC.I. The van der Waals surface area contributed by atoms with Crippen LogP contribution in [0.3, 0.4) is 0 Å². The Morgan fingerprint density at radius 3 is 2.67 bits per heavy atom. The zero-order valence-corrected chi connectivity index (χ0v) is 17.2. The molecule has 0 bridgehead atoms. The molecule has 2 N–H and O–H groups in total. The Balaban J connectivity index is 0.00000529. The molecule has 0 heterocycles. The number of guanidine groups is 1. The van der Waals surface area contributed by atoms with E-state index in [-0.39, 0.29) is 30.6 Å². The fourth-order valence-corrected chi connectivity index (χ4v) is 1.88. The van der Waals surface area contributed by atoms with Gasteiger partial charge in [-0.2, -0.15) is 0 Å². The number of hydrogen-bond donors (Lipinski definition) is 2. The molecule has 0 radical (unpaired) electrons. The van der Waals surface area contributed by atoms with E-state index in [9.17, 15) is 0 Å². The van der Waals surface area contributed by atoms with Crippen LogP contribution < -0.4 is 20.1 Å². The second-order valence-corrected chi connectivity index (χ2v) is 5.13. The summed E-state index contributed by atoms with van der Waals surface area (Å²) in [5.41, 5.74) is 1.03. The van der Waals surface area contributed by atoms with Gasteiger partial charge in [0.15, 0.2) is 17.5 Å². The van der Waals surface area contributed by atoms with Crippen LogP contribution in [-0.2, 0) is 6.54 Å². The lowest BCUT2D eigenvalue weighted by molar-refractivity contribution is 0.330. The summed E-state index contributed by atoms with van der Waals surface area (Å²) >= 11 is 0. The molecule has 0 aliphatic carbocycles. The molecule has 1 aromatic carbocycles. The van der Waals surface area contributed by atoms with E-state index >= 15 is 0 Å². The van der Waals surface area contributed by atoms with Gasteiger partial charge in [-0.3, -0.25) is 0 Å². The van der Waals surface area contributed by atoms with Crippen LogP contribution in [-0.4, -0.2) is 32.3 Å². The largest absolute Gasteiger partial charge is 0.493 e. The van der Waals surface area contributed by atoms with Crippen molar-refractivity contribution in [1.29, 1.82) is 0 Å².